The highest BCUT2D eigenvalue weighted by molar-refractivity contribution is 5.82. The molecule has 0 aromatic carbocycles. The molecule has 0 aromatic heterocycles. The molecule has 6 fully saturated rings. The van der Waals surface area contributed by atoms with Crippen molar-refractivity contribution in [1.29, 1.82) is 0 Å². The van der Waals surface area contributed by atoms with Crippen molar-refractivity contribution in [3.8, 4) is 0 Å². The monoisotopic (exact) mass is 456 g/mol. The largest absolute Gasteiger partial charge is 0.461 e. The summed E-state index contributed by atoms with van der Waals surface area (Å²) in [7, 11) is 0. The Labute approximate surface area is 201 Å². The van der Waals surface area contributed by atoms with Crippen molar-refractivity contribution >= 4 is 5.97 Å². The molecule has 0 amide bonds. The summed E-state index contributed by atoms with van der Waals surface area (Å²) in [5.74, 6) is 2.17. The minimum absolute atomic E-state index is 0.0463. The first-order valence-corrected chi connectivity index (χ1v) is 14.1. The molecule has 0 radical (unpaired) electrons. The Balaban J connectivity index is 1.47. The zero-order chi connectivity index (χ0) is 23.8. The number of carbonyl (C=O) groups excluding carboxylic acids is 1. The lowest BCUT2D eigenvalue weighted by molar-refractivity contribution is -0.256. The normalized spacial score (nSPS) is 61.3. The third-order valence-electron chi connectivity index (χ3n) is 14.0. The summed E-state index contributed by atoms with van der Waals surface area (Å²) >= 11 is 0. The number of ether oxygens (including phenoxy) is 1. The number of hydrogen-bond donors (Lipinski definition) is 1. The molecule has 6 aliphatic rings. The van der Waals surface area contributed by atoms with Gasteiger partial charge in [-0.2, -0.15) is 0 Å². The lowest BCUT2D eigenvalue weighted by Gasteiger charge is -2.72. The van der Waals surface area contributed by atoms with E-state index in [1.807, 2.05) is 0 Å². The van der Waals surface area contributed by atoms with Crippen molar-refractivity contribution in [2.75, 3.05) is 0 Å². The Bertz CT molecular complexity index is 880. The first kappa shape index (κ1) is 22.9. The summed E-state index contributed by atoms with van der Waals surface area (Å²) in [5.41, 5.74) is 0.672. The second kappa shape index (κ2) is 6.40. The van der Waals surface area contributed by atoms with E-state index in [4.69, 9.17) is 4.74 Å². The number of carbonyl (C=O) groups is 1. The molecule has 0 unspecified atom stereocenters. The third-order valence-corrected chi connectivity index (χ3v) is 14.0. The number of hydrogen-bond acceptors (Lipinski definition) is 3. The molecule has 6 rings (SSSR count). The van der Waals surface area contributed by atoms with E-state index in [1.54, 1.807) is 0 Å². The van der Waals surface area contributed by atoms with E-state index in [1.165, 1.54) is 32.1 Å². The third kappa shape index (κ3) is 2.45. The van der Waals surface area contributed by atoms with Gasteiger partial charge in [0.2, 0.25) is 0 Å². The minimum Gasteiger partial charge on any atom is -0.461 e. The van der Waals surface area contributed by atoms with Gasteiger partial charge in [0.25, 0.3) is 0 Å². The molecule has 33 heavy (non-hydrogen) atoms. The van der Waals surface area contributed by atoms with Crippen LogP contribution in [0.5, 0.6) is 0 Å². The van der Waals surface area contributed by atoms with Crippen LogP contribution in [0.3, 0.4) is 0 Å². The van der Waals surface area contributed by atoms with E-state index in [0.29, 0.717) is 29.1 Å². The molecular formula is C30H48O3. The Morgan fingerprint density at radius 3 is 2.24 bits per heavy atom. The topological polar surface area (TPSA) is 46.5 Å². The summed E-state index contributed by atoms with van der Waals surface area (Å²) in [5, 5.41) is 10.8. The van der Waals surface area contributed by atoms with Gasteiger partial charge < -0.3 is 9.84 Å². The molecule has 1 saturated heterocycles. The molecule has 1 N–H and O–H groups in total. The summed E-state index contributed by atoms with van der Waals surface area (Å²) < 4.78 is 6.47. The van der Waals surface area contributed by atoms with Crippen molar-refractivity contribution in [3.05, 3.63) is 0 Å². The second-order valence-corrected chi connectivity index (χ2v) is 15.5. The van der Waals surface area contributed by atoms with Crippen LogP contribution in [0.4, 0.5) is 0 Å². The molecule has 0 spiro atoms. The number of aliphatic hydroxyl groups is 1. The van der Waals surface area contributed by atoms with Gasteiger partial charge in [0.05, 0.1) is 11.5 Å². The van der Waals surface area contributed by atoms with Crippen LogP contribution < -0.4 is 0 Å². The van der Waals surface area contributed by atoms with Crippen LogP contribution in [-0.4, -0.2) is 23.3 Å². The highest BCUT2D eigenvalue weighted by Gasteiger charge is 2.81. The zero-order valence-electron chi connectivity index (χ0n) is 22.3. The maximum absolute atomic E-state index is 14.0. The summed E-state index contributed by atoms with van der Waals surface area (Å²) in [6.07, 6.45) is 11.3. The van der Waals surface area contributed by atoms with E-state index in [-0.39, 0.29) is 45.3 Å². The summed E-state index contributed by atoms with van der Waals surface area (Å²) in [6.45, 7) is 17.2. The highest BCUT2D eigenvalue weighted by Crippen LogP contribution is 2.81. The molecule has 2 bridgehead atoms. The highest BCUT2D eigenvalue weighted by atomic mass is 16.6. The molecular weight excluding hydrogens is 408 g/mol. The van der Waals surface area contributed by atoms with Crippen molar-refractivity contribution in [2.45, 2.75) is 125 Å². The van der Waals surface area contributed by atoms with Crippen LogP contribution in [0.25, 0.3) is 0 Å². The maximum atomic E-state index is 14.0. The average molecular weight is 457 g/mol. The van der Waals surface area contributed by atoms with E-state index >= 15 is 0 Å². The van der Waals surface area contributed by atoms with Crippen LogP contribution >= 0.6 is 0 Å². The fraction of sp³-hybridized carbons (Fsp3) is 0.967. The van der Waals surface area contributed by atoms with Gasteiger partial charge in [-0.25, -0.2) is 0 Å². The molecule has 5 saturated carbocycles. The van der Waals surface area contributed by atoms with Gasteiger partial charge in [-0.15, -0.1) is 0 Å². The number of aliphatic hydroxyl groups excluding tert-OH is 1. The minimum atomic E-state index is -0.292. The van der Waals surface area contributed by atoms with Crippen LogP contribution in [0.2, 0.25) is 0 Å². The summed E-state index contributed by atoms with van der Waals surface area (Å²) in [6, 6.07) is 0. The number of esters is 1. The first-order chi connectivity index (χ1) is 15.2. The quantitative estimate of drug-likeness (QED) is 0.409. The lowest BCUT2D eigenvalue weighted by atomic mass is 9.30. The maximum Gasteiger partial charge on any atom is 0.313 e. The molecule has 0 aromatic rings. The number of rotatable bonds is 0. The predicted molar refractivity (Wildman–Crippen MR) is 130 cm³/mol. The average Bonchev–Trinajstić information content (AvgIpc) is 2.88. The molecule has 11 atom stereocenters. The van der Waals surface area contributed by atoms with E-state index in [2.05, 4.69) is 48.5 Å². The van der Waals surface area contributed by atoms with E-state index in [9.17, 15) is 9.90 Å². The molecule has 1 heterocycles. The SMILES string of the molecule is C[C@H]1[C@H](O)CC[C@@H]2[C@]1(C)CC[C@H]1[C@@]2(C)CC[C@@]23C(=O)O[C@@H](C[C@@]4(C)CCC(C)(C)C[C@H]42)[C@]13C. The molecule has 1 aliphatic heterocycles. The first-order valence-electron chi connectivity index (χ1n) is 14.1. The second-order valence-electron chi connectivity index (χ2n) is 15.5. The predicted octanol–water partition coefficient (Wildman–Crippen LogP) is 6.76. The van der Waals surface area contributed by atoms with E-state index < -0.39 is 0 Å². The van der Waals surface area contributed by atoms with Crippen LogP contribution in [0.1, 0.15) is 113 Å². The van der Waals surface area contributed by atoms with Crippen LogP contribution in [-0.2, 0) is 9.53 Å². The van der Waals surface area contributed by atoms with Crippen LogP contribution in [0.15, 0.2) is 0 Å². The van der Waals surface area contributed by atoms with E-state index in [0.717, 1.165) is 32.1 Å². The smallest absolute Gasteiger partial charge is 0.313 e. The Morgan fingerprint density at radius 2 is 1.52 bits per heavy atom. The van der Waals surface area contributed by atoms with Gasteiger partial charge in [0.15, 0.2) is 0 Å². The van der Waals surface area contributed by atoms with Crippen molar-refractivity contribution in [3.63, 3.8) is 0 Å². The Kier molecular flexibility index (Phi) is 4.44. The van der Waals surface area contributed by atoms with Gasteiger partial charge in [-0.3, -0.25) is 4.79 Å². The van der Waals surface area contributed by atoms with Gasteiger partial charge in [0.1, 0.15) is 6.10 Å². The van der Waals surface area contributed by atoms with Crippen molar-refractivity contribution in [1.82, 2.24) is 0 Å². The van der Waals surface area contributed by atoms with Crippen LogP contribution in [0, 0.1) is 56.2 Å². The Hall–Kier alpha value is -0.570. The fourth-order valence-electron chi connectivity index (χ4n) is 11.8. The Morgan fingerprint density at radius 1 is 0.788 bits per heavy atom. The van der Waals surface area contributed by atoms with Crippen molar-refractivity contribution in [2.24, 2.45) is 56.2 Å². The van der Waals surface area contributed by atoms with Gasteiger partial charge in [-0.05, 0) is 110 Å². The summed E-state index contributed by atoms with van der Waals surface area (Å²) in [4.78, 5) is 14.0. The standard InChI is InChI=1S/C30H48O3/c1-18-19(31)8-9-20-27(18,5)11-10-21-28(20,6)14-15-30-22-16-25(2,3)12-13-26(22,4)17-23(29(21,30)7)33-24(30)32/h18-23,31H,8-17H2,1-7H3/t18-,19+,20+,21-,22+,23-,26+,27+,28-,29-,30-/m0/s1. The van der Waals surface area contributed by atoms with Gasteiger partial charge in [0, 0.05) is 5.41 Å². The van der Waals surface area contributed by atoms with Crippen molar-refractivity contribution < 1.29 is 14.6 Å². The number of fused-ring (bicyclic) bond motifs is 4. The lowest BCUT2D eigenvalue weighted by Crippen LogP contribution is -2.70. The molecule has 3 heteroatoms. The molecule has 186 valence electrons. The fourth-order valence-corrected chi connectivity index (χ4v) is 11.8. The molecule has 3 nitrogen and oxygen atoms in total. The zero-order valence-corrected chi connectivity index (χ0v) is 22.3. The van der Waals surface area contributed by atoms with Gasteiger partial charge in [-0.1, -0.05) is 48.5 Å². The molecule has 5 aliphatic carbocycles. The van der Waals surface area contributed by atoms with Gasteiger partial charge >= 0.3 is 5.97 Å².